The average molecular weight is 523 g/mol. The van der Waals surface area contributed by atoms with Crippen LogP contribution in [0.3, 0.4) is 0 Å². The molecule has 4 rings (SSSR count). The molecule has 2 N–H and O–H groups in total. The van der Waals surface area contributed by atoms with Crippen LogP contribution in [-0.2, 0) is 0 Å². The molecule has 1 aromatic heterocycles. The first kappa shape index (κ1) is 24.8. The van der Waals surface area contributed by atoms with Gasteiger partial charge in [0.2, 0.25) is 5.91 Å². The molecule has 0 radical (unpaired) electrons. The highest BCUT2D eigenvalue weighted by molar-refractivity contribution is 6.34. The van der Waals surface area contributed by atoms with Crippen LogP contribution in [0.5, 0.6) is 0 Å². The van der Waals surface area contributed by atoms with Crippen LogP contribution in [0.1, 0.15) is 27.1 Å². The summed E-state index contributed by atoms with van der Waals surface area (Å²) in [5.74, 6) is -5.20. The van der Waals surface area contributed by atoms with Crippen LogP contribution in [0.25, 0.3) is 11.1 Å². The highest BCUT2D eigenvalue weighted by Crippen LogP contribution is 2.39. The van der Waals surface area contributed by atoms with Gasteiger partial charge < -0.3 is 10.6 Å². The van der Waals surface area contributed by atoms with Crippen LogP contribution in [0.4, 0.5) is 24.7 Å². The predicted molar refractivity (Wildman–Crippen MR) is 129 cm³/mol. The summed E-state index contributed by atoms with van der Waals surface area (Å²) in [5, 5.41) is 0.188. The van der Waals surface area contributed by atoms with Crippen molar-refractivity contribution >= 4 is 46.5 Å². The van der Waals surface area contributed by atoms with Crippen molar-refractivity contribution in [3.8, 4) is 11.1 Å². The number of nitrogens with two attached hydrogens (primary N) is 1. The predicted octanol–water partition coefficient (Wildman–Crippen LogP) is 5.42. The fraction of sp³-hybridized carbons (Fsp3) is 0.208. The molecule has 182 valence electrons. The zero-order chi connectivity index (χ0) is 25.5. The number of primary amides is 1. The Morgan fingerprint density at radius 3 is 2.51 bits per heavy atom. The molecule has 35 heavy (non-hydrogen) atoms. The lowest BCUT2D eigenvalue weighted by Gasteiger charge is -2.26. The maximum atomic E-state index is 14.4. The number of halogens is 5. The second-order valence-corrected chi connectivity index (χ2v) is 8.93. The second-order valence-electron chi connectivity index (χ2n) is 8.11. The fourth-order valence-electron chi connectivity index (χ4n) is 3.89. The van der Waals surface area contributed by atoms with E-state index >= 15 is 0 Å². The van der Waals surface area contributed by atoms with Gasteiger partial charge in [0.15, 0.2) is 5.82 Å². The van der Waals surface area contributed by atoms with Gasteiger partial charge in [-0.05, 0) is 36.4 Å². The Kier molecular flexibility index (Phi) is 6.66. The zero-order valence-electron chi connectivity index (χ0n) is 18.4. The summed E-state index contributed by atoms with van der Waals surface area (Å²) >= 11 is 12.4. The summed E-state index contributed by atoms with van der Waals surface area (Å²) in [5.41, 5.74) is 6.24. The van der Waals surface area contributed by atoms with Gasteiger partial charge in [-0.1, -0.05) is 29.3 Å². The number of aromatic nitrogens is 1. The van der Waals surface area contributed by atoms with E-state index < -0.39 is 30.1 Å². The molecule has 2 amide bonds. The minimum absolute atomic E-state index is 0.00265. The maximum absolute atomic E-state index is 14.4. The summed E-state index contributed by atoms with van der Waals surface area (Å²) in [7, 11) is 1.35. The molecule has 0 saturated carbocycles. The van der Waals surface area contributed by atoms with Crippen molar-refractivity contribution in [2.24, 2.45) is 5.73 Å². The van der Waals surface area contributed by atoms with Crippen LogP contribution >= 0.6 is 23.2 Å². The Bertz CT molecular complexity index is 1320. The van der Waals surface area contributed by atoms with Crippen molar-refractivity contribution in [1.82, 2.24) is 4.98 Å². The number of amides is 2. The van der Waals surface area contributed by atoms with E-state index in [1.165, 1.54) is 48.5 Å². The molecule has 3 aromatic rings. The van der Waals surface area contributed by atoms with Crippen molar-refractivity contribution in [2.45, 2.75) is 12.3 Å². The van der Waals surface area contributed by atoms with Crippen LogP contribution in [-0.4, -0.2) is 42.9 Å². The zero-order valence-corrected chi connectivity index (χ0v) is 19.9. The number of rotatable bonds is 5. The van der Waals surface area contributed by atoms with Gasteiger partial charge in [-0.2, -0.15) is 0 Å². The first-order chi connectivity index (χ1) is 16.5. The Hall–Kier alpha value is -3.30. The SMILES string of the molecule is CN(C(=O)c1c(F)cccc1Cl)c1ncc(-c2cc(C(N)=O)ccc2Cl)cc1N1CCC(F)(F)C1. The van der Waals surface area contributed by atoms with Crippen molar-refractivity contribution in [3.05, 3.63) is 75.7 Å². The normalized spacial score (nSPS) is 14.7. The number of nitrogens with zero attached hydrogens (tertiary/aromatic N) is 3. The second kappa shape index (κ2) is 9.39. The van der Waals surface area contributed by atoms with E-state index in [0.29, 0.717) is 11.1 Å². The molecule has 0 bridgehead atoms. The number of benzene rings is 2. The van der Waals surface area contributed by atoms with Gasteiger partial charge in [-0.3, -0.25) is 14.5 Å². The van der Waals surface area contributed by atoms with Gasteiger partial charge in [-0.25, -0.2) is 18.2 Å². The molecule has 0 unspecified atom stereocenters. The third-order valence-corrected chi connectivity index (χ3v) is 6.36. The first-order valence-corrected chi connectivity index (χ1v) is 11.2. The number of alkyl halides is 2. The smallest absolute Gasteiger partial charge is 0.266 e. The largest absolute Gasteiger partial charge is 0.366 e. The molecule has 1 fully saturated rings. The minimum atomic E-state index is -2.94. The number of carbonyl (C=O) groups excluding carboxylic acids is 2. The van der Waals surface area contributed by atoms with Crippen LogP contribution < -0.4 is 15.5 Å². The molecule has 0 spiro atoms. The first-order valence-electron chi connectivity index (χ1n) is 10.4. The molecule has 1 aliphatic rings. The minimum Gasteiger partial charge on any atom is -0.366 e. The topological polar surface area (TPSA) is 79.5 Å². The van der Waals surface area contributed by atoms with Crippen molar-refractivity contribution in [3.63, 3.8) is 0 Å². The highest BCUT2D eigenvalue weighted by Gasteiger charge is 2.40. The van der Waals surface area contributed by atoms with Gasteiger partial charge in [0.25, 0.3) is 11.8 Å². The third kappa shape index (κ3) is 4.92. The Morgan fingerprint density at radius 1 is 1.14 bits per heavy atom. The van der Waals surface area contributed by atoms with E-state index in [9.17, 15) is 22.8 Å². The van der Waals surface area contributed by atoms with Crippen molar-refractivity contribution < 1.29 is 22.8 Å². The van der Waals surface area contributed by atoms with Crippen LogP contribution in [0.15, 0.2) is 48.7 Å². The van der Waals surface area contributed by atoms with E-state index in [-0.39, 0.29) is 45.6 Å². The summed E-state index contributed by atoms with van der Waals surface area (Å²) in [6.45, 7) is -0.592. The molecule has 0 atom stereocenters. The quantitative estimate of drug-likeness (QED) is 0.485. The van der Waals surface area contributed by atoms with Crippen LogP contribution in [0.2, 0.25) is 10.0 Å². The molecule has 6 nitrogen and oxygen atoms in total. The number of carbonyl (C=O) groups is 2. The lowest BCUT2D eigenvalue weighted by molar-refractivity contribution is 0.0257. The number of hydrogen-bond donors (Lipinski definition) is 1. The van der Waals surface area contributed by atoms with E-state index in [1.54, 1.807) is 6.07 Å². The van der Waals surface area contributed by atoms with Gasteiger partial charge >= 0.3 is 0 Å². The molecule has 0 aliphatic carbocycles. The standard InChI is InChI=1S/C24H19Cl2F3N4O2/c1-32(23(35)20-17(26)3-2-4-18(20)27)22-19(33-8-7-24(28,29)12-33)10-14(11-31-22)15-9-13(21(30)34)5-6-16(15)25/h2-6,9-11H,7-8,12H2,1H3,(H2,30,34). The maximum Gasteiger partial charge on any atom is 0.266 e. The molecule has 1 aliphatic heterocycles. The molecule has 2 heterocycles. The van der Waals surface area contributed by atoms with Gasteiger partial charge in [0.1, 0.15) is 5.82 Å². The lowest BCUT2D eigenvalue weighted by Crippen LogP contribution is -2.32. The number of pyridine rings is 1. The van der Waals surface area contributed by atoms with E-state index in [1.807, 2.05) is 0 Å². The monoisotopic (exact) mass is 522 g/mol. The third-order valence-electron chi connectivity index (χ3n) is 5.72. The van der Waals surface area contributed by atoms with Gasteiger partial charge in [-0.15, -0.1) is 0 Å². The Morgan fingerprint density at radius 2 is 1.89 bits per heavy atom. The molecular weight excluding hydrogens is 504 g/mol. The van der Waals surface area contributed by atoms with Crippen molar-refractivity contribution in [2.75, 3.05) is 29.9 Å². The highest BCUT2D eigenvalue weighted by atomic mass is 35.5. The average Bonchev–Trinajstić information content (AvgIpc) is 3.17. The van der Waals surface area contributed by atoms with E-state index in [2.05, 4.69) is 4.98 Å². The Balaban J connectivity index is 1.83. The lowest BCUT2D eigenvalue weighted by atomic mass is 10.0. The van der Waals surface area contributed by atoms with Crippen LogP contribution in [0, 0.1) is 5.82 Å². The number of hydrogen-bond acceptors (Lipinski definition) is 4. The summed E-state index contributed by atoms with van der Waals surface area (Å²) < 4.78 is 42.6. The summed E-state index contributed by atoms with van der Waals surface area (Å²) in [4.78, 5) is 31.6. The van der Waals surface area contributed by atoms with Gasteiger partial charge in [0, 0.05) is 47.9 Å². The number of anilines is 2. The fourth-order valence-corrected chi connectivity index (χ4v) is 4.36. The van der Waals surface area contributed by atoms with Gasteiger partial charge in [0.05, 0.1) is 22.8 Å². The Labute approximate surface area is 209 Å². The molecular formula is C24H19Cl2F3N4O2. The molecule has 11 heteroatoms. The van der Waals surface area contributed by atoms with E-state index in [4.69, 9.17) is 28.9 Å². The summed E-state index contributed by atoms with van der Waals surface area (Å²) in [6, 6.07) is 9.80. The van der Waals surface area contributed by atoms with E-state index in [0.717, 1.165) is 11.0 Å². The van der Waals surface area contributed by atoms with Crippen molar-refractivity contribution in [1.29, 1.82) is 0 Å². The summed E-state index contributed by atoms with van der Waals surface area (Å²) in [6.07, 6.45) is 0.997. The molecule has 2 aromatic carbocycles. The molecule has 1 saturated heterocycles.